The smallest absolute Gasteiger partial charge is 0.0541 e. The van der Waals surface area contributed by atoms with Gasteiger partial charge in [-0.2, -0.15) is 0 Å². The van der Waals surface area contributed by atoms with Crippen LogP contribution in [0.3, 0.4) is 0 Å². The van der Waals surface area contributed by atoms with Crippen molar-refractivity contribution in [2.75, 3.05) is 0 Å². The first-order valence-electron chi connectivity index (χ1n) is 15.3. The molecule has 208 valence electrons. The molecule has 6 aromatic carbocycles. The highest BCUT2D eigenvalue weighted by molar-refractivity contribution is 6.09. The summed E-state index contributed by atoms with van der Waals surface area (Å²) in [6, 6.07) is 54.8. The molecular weight excluding hydrogens is 530 g/mol. The Kier molecular flexibility index (Phi) is 6.62. The van der Waals surface area contributed by atoms with Gasteiger partial charge in [0.25, 0.3) is 0 Å². The van der Waals surface area contributed by atoms with Crippen LogP contribution in [-0.2, 0) is 0 Å². The van der Waals surface area contributed by atoms with E-state index >= 15 is 0 Å². The summed E-state index contributed by atoms with van der Waals surface area (Å²) in [6.45, 7) is 0. The molecule has 0 saturated heterocycles. The van der Waals surface area contributed by atoms with E-state index in [1.165, 1.54) is 72.0 Å². The van der Waals surface area contributed by atoms with E-state index in [1.54, 1.807) is 0 Å². The van der Waals surface area contributed by atoms with Crippen molar-refractivity contribution in [1.29, 1.82) is 0 Å². The summed E-state index contributed by atoms with van der Waals surface area (Å²) in [5.41, 5.74) is 13.4. The van der Waals surface area contributed by atoms with Crippen molar-refractivity contribution in [3.05, 3.63) is 187 Å². The number of fused-ring (bicyclic) bond motifs is 3. The van der Waals surface area contributed by atoms with Gasteiger partial charge in [0, 0.05) is 16.5 Å². The minimum atomic E-state index is 0.921. The van der Waals surface area contributed by atoms with Gasteiger partial charge in [-0.15, -0.1) is 0 Å². The Morgan fingerprint density at radius 2 is 0.932 bits per heavy atom. The molecule has 1 aliphatic rings. The van der Waals surface area contributed by atoms with Crippen LogP contribution in [0.5, 0.6) is 0 Å². The molecule has 7 aromatic rings. The first kappa shape index (κ1) is 26.0. The second-order valence-corrected chi connectivity index (χ2v) is 11.3. The van der Waals surface area contributed by atoms with Crippen LogP contribution in [0.4, 0.5) is 0 Å². The Bertz CT molecular complexity index is 2190. The number of aromatic nitrogens is 1. The zero-order valence-corrected chi connectivity index (χ0v) is 24.4. The van der Waals surface area contributed by atoms with Gasteiger partial charge < -0.3 is 4.57 Å². The summed E-state index contributed by atoms with van der Waals surface area (Å²) in [6.07, 6.45) is 10.0. The fourth-order valence-electron chi connectivity index (χ4n) is 6.46. The summed E-state index contributed by atoms with van der Waals surface area (Å²) in [7, 11) is 0. The number of rotatable bonds is 5. The van der Waals surface area contributed by atoms with Crippen molar-refractivity contribution in [3.8, 4) is 27.9 Å². The number of hydrogen-bond donors (Lipinski definition) is 0. The predicted octanol–water partition coefficient (Wildman–Crippen LogP) is 11.5. The Morgan fingerprint density at radius 1 is 0.409 bits per heavy atom. The van der Waals surface area contributed by atoms with E-state index in [2.05, 4.69) is 181 Å². The van der Waals surface area contributed by atoms with E-state index in [4.69, 9.17) is 0 Å². The molecule has 0 atom stereocenters. The zero-order chi connectivity index (χ0) is 29.3. The molecule has 8 rings (SSSR count). The van der Waals surface area contributed by atoms with E-state index in [9.17, 15) is 0 Å². The summed E-state index contributed by atoms with van der Waals surface area (Å²) < 4.78 is 2.38. The third kappa shape index (κ3) is 4.79. The molecule has 44 heavy (non-hydrogen) atoms. The van der Waals surface area contributed by atoms with Gasteiger partial charge in [-0.05, 0) is 93.4 Å². The fourth-order valence-corrected chi connectivity index (χ4v) is 6.46. The normalized spacial score (nSPS) is 13.1. The lowest BCUT2D eigenvalue weighted by molar-refractivity contribution is 1.18. The van der Waals surface area contributed by atoms with E-state index in [1.807, 2.05) is 0 Å². The number of hydrogen-bond acceptors (Lipinski definition) is 0. The Morgan fingerprint density at radius 3 is 1.61 bits per heavy atom. The molecule has 0 unspecified atom stereocenters. The molecular formula is C43H31N. The molecule has 0 saturated carbocycles. The molecule has 1 aliphatic carbocycles. The largest absolute Gasteiger partial charge is 0.309 e. The topological polar surface area (TPSA) is 4.93 Å². The number of benzene rings is 6. The lowest BCUT2D eigenvalue weighted by atomic mass is 9.94. The quantitative estimate of drug-likeness (QED) is 0.197. The molecule has 0 fully saturated rings. The highest BCUT2D eigenvalue weighted by Crippen LogP contribution is 2.35. The van der Waals surface area contributed by atoms with Crippen molar-refractivity contribution in [2.24, 2.45) is 0 Å². The third-order valence-corrected chi connectivity index (χ3v) is 8.60. The maximum atomic E-state index is 2.38. The van der Waals surface area contributed by atoms with Gasteiger partial charge in [0.1, 0.15) is 0 Å². The molecule has 0 N–H and O–H groups in total. The van der Waals surface area contributed by atoms with Crippen LogP contribution in [0.1, 0.15) is 17.5 Å². The second-order valence-electron chi connectivity index (χ2n) is 11.3. The van der Waals surface area contributed by atoms with Gasteiger partial charge in [0.05, 0.1) is 11.0 Å². The van der Waals surface area contributed by atoms with Crippen LogP contribution in [0.2, 0.25) is 0 Å². The molecule has 0 aliphatic heterocycles. The molecule has 1 aromatic heterocycles. The molecule has 1 heterocycles. The maximum absolute atomic E-state index is 2.38. The van der Waals surface area contributed by atoms with E-state index in [-0.39, 0.29) is 0 Å². The van der Waals surface area contributed by atoms with Crippen LogP contribution in [-0.4, -0.2) is 4.57 Å². The molecule has 0 bridgehead atoms. The van der Waals surface area contributed by atoms with Crippen LogP contribution in [0, 0.1) is 0 Å². The molecule has 1 nitrogen and oxygen atoms in total. The van der Waals surface area contributed by atoms with Crippen molar-refractivity contribution in [2.45, 2.75) is 6.42 Å². The van der Waals surface area contributed by atoms with Crippen molar-refractivity contribution < 1.29 is 0 Å². The zero-order valence-electron chi connectivity index (χ0n) is 24.4. The monoisotopic (exact) mass is 561 g/mol. The molecule has 0 amide bonds. The minimum Gasteiger partial charge on any atom is -0.309 e. The maximum Gasteiger partial charge on any atom is 0.0541 e. The van der Waals surface area contributed by atoms with E-state index < -0.39 is 0 Å². The van der Waals surface area contributed by atoms with Gasteiger partial charge >= 0.3 is 0 Å². The third-order valence-electron chi connectivity index (χ3n) is 8.60. The van der Waals surface area contributed by atoms with E-state index in [0.717, 1.165) is 6.42 Å². The summed E-state index contributed by atoms with van der Waals surface area (Å²) in [5, 5.41) is 2.56. The summed E-state index contributed by atoms with van der Waals surface area (Å²) in [4.78, 5) is 0. The second kappa shape index (κ2) is 11.2. The average Bonchev–Trinajstić information content (AvgIpc) is 3.23. The molecule has 0 spiro atoms. The number of nitrogens with zero attached hydrogens (tertiary/aromatic N) is 1. The van der Waals surface area contributed by atoms with Gasteiger partial charge in [0.15, 0.2) is 0 Å². The minimum absolute atomic E-state index is 0.921. The van der Waals surface area contributed by atoms with Crippen molar-refractivity contribution >= 4 is 33.0 Å². The standard InChI is InChI=1S/C43H31N/c1-2-13-31(14-3-1)32-15-4-5-16-33(27-32)34-17-10-18-35(28-34)36-19-11-20-37(29-36)38-21-12-22-39(30-38)44-42-25-8-6-23-40(42)41-24-7-9-26-43(41)44/h1-4,6-30H,5H2. The SMILES string of the molecule is C1=CC(c2ccccc2)=CC(c2cccc(-c3cccc(-c4cccc(-n5c6ccccc6c6ccccc65)c4)c3)c2)=CC1. The number of para-hydroxylation sites is 2. The lowest BCUT2D eigenvalue weighted by Gasteiger charge is -2.12. The van der Waals surface area contributed by atoms with Crippen LogP contribution < -0.4 is 0 Å². The van der Waals surface area contributed by atoms with Crippen molar-refractivity contribution in [3.63, 3.8) is 0 Å². The molecule has 0 radical (unpaired) electrons. The highest BCUT2D eigenvalue weighted by atomic mass is 15.0. The predicted molar refractivity (Wildman–Crippen MR) is 188 cm³/mol. The van der Waals surface area contributed by atoms with Crippen molar-refractivity contribution in [1.82, 2.24) is 4.57 Å². The van der Waals surface area contributed by atoms with Crippen LogP contribution in [0.25, 0.3) is 60.9 Å². The Balaban J connectivity index is 1.16. The summed E-state index contributed by atoms with van der Waals surface area (Å²) >= 11 is 0. The summed E-state index contributed by atoms with van der Waals surface area (Å²) in [5.74, 6) is 0. The van der Waals surface area contributed by atoms with Gasteiger partial charge in [0.2, 0.25) is 0 Å². The van der Waals surface area contributed by atoms with Crippen LogP contribution in [0.15, 0.2) is 176 Å². The first-order valence-corrected chi connectivity index (χ1v) is 15.3. The van der Waals surface area contributed by atoms with Gasteiger partial charge in [-0.3, -0.25) is 0 Å². The Labute approximate surface area is 258 Å². The first-order chi connectivity index (χ1) is 21.8. The fraction of sp³-hybridized carbons (Fsp3) is 0.0233. The Hall–Kier alpha value is -5.66. The molecule has 1 heteroatoms. The van der Waals surface area contributed by atoms with Crippen LogP contribution >= 0.6 is 0 Å². The van der Waals surface area contributed by atoms with Gasteiger partial charge in [-0.25, -0.2) is 0 Å². The lowest BCUT2D eigenvalue weighted by Crippen LogP contribution is -1.94. The number of allylic oxidation sites excluding steroid dienone is 6. The average molecular weight is 562 g/mol. The highest BCUT2D eigenvalue weighted by Gasteiger charge is 2.13. The van der Waals surface area contributed by atoms with Gasteiger partial charge in [-0.1, -0.05) is 133 Å². The van der Waals surface area contributed by atoms with E-state index in [0.29, 0.717) is 0 Å².